The maximum Gasteiger partial charge on any atom is 0.193 e. The van der Waals surface area contributed by atoms with Gasteiger partial charge >= 0.3 is 0 Å². The van der Waals surface area contributed by atoms with Crippen LogP contribution in [0.2, 0.25) is 0 Å². The van der Waals surface area contributed by atoms with Crippen molar-refractivity contribution >= 4 is 29.1 Å². The standard InChI is InChI=1S/C24H27N3S/c1-4-27-14-19(13-18-11-7-5-9-16(18)2)22-21(15-27)23(26-24(28)25-22)20-12-8-6-10-17(20)3/h5-13,21,23H,4,14-15H2,1-3H3,(H,26,28)/b19-13+. The van der Waals surface area contributed by atoms with Gasteiger partial charge in [-0.3, -0.25) is 4.90 Å². The van der Waals surface area contributed by atoms with E-state index in [1.807, 2.05) is 0 Å². The number of hydrogen-bond acceptors (Lipinski definition) is 2. The van der Waals surface area contributed by atoms with Crippen molar-refractivity contribution in [2.45, 2.75) is 26.8 Å². The summed E-state index contributed by atoms with van der Waals surface area (Å²) in [6.07, 6.45) is 2.31. The van der Waals surface area contributed by atoms with Crippen LogP contribution in [0, 0.1) is 19.8 Å². The zero-order chi connectivity index (χ0) is 19.7. The second kappa shape index (κ2) is 7.98. The zero-order valence-electron chi connectivity index (χ0n) is 16.8. The van der Waals surface area contributed by atoms with Crippen LogP contribution in [0.15, 0.2) is 59.1 Å². The highest BCUT2D eigenvalue weighted by Crippen LogP contribution is 2.35. The van der Waals surface area contributed by atoms with E-state index in [-0.39, 0.29) is 12.0 Å². The van der Waals surface area contributed by atoms with Crippen LogP contribution in [-0.4, -0.2) is 35.4 Å². The highest BCUT2D eigenvalue weighted by atomic mass is 32.1. The van der Waals surface area contributed by atoms with Crippen LogP contribution in [0.25, 0.3) is 6.08 Å². The summed E-state index contributed by atoms with van der Waals surface area (Å²) in [5, 5.41) is 4.10. The van der Waals surface area contributed by atoms with Crippen molar-refractivity contribution in [1.29, 1.82) is 0 Å². The van der Waals surface area contributed by atoms with Crippen molar-refractivity contribution in [3.63, 3.8) is 0 Å². The molecule has 2 heterocycles. The Bertz CT molecular complexity index is 960. The summed E-state index contributed by atoms with van der Waals surface area (Å²) in [5.74, 6) is 0.289. The van der Waals surface area contributed by atoms with E-state index in [4.69, 9.17) is 17.2 Å². The largest absolute Gasteiger partial charge is 0.353 e. The quantitative estimate of drug-likeness (QED) is 0.771. The summed E-state index contributed by atoms with van der Waals surface area (Å²) in [5.41, 5.74) is 7.60. The number of nitrogens with zero attached hydrogens (tertiary/aromatic N) is 2. The molecule has 0 aliphatic carbocycles. The van der Waals surface area contributed by atoms with Crippen LogP contribution in [0.3, 0.4) is 0 Å². The fraction of sp³-hybridized carbons (Fsp3) is 0.333. The Balaban J connectivity index is 1.79. The van der Waals surface area contributed by atoms with Gasteiger partial charge in [-0.1, -0.05) is 55.5 Å². The number of hydrogen-bond donors (Lipinski definition) is 1. The molecule has 0 aromatic heterocycles. The van der Waals surface area contributed by atoms with Gasteiger partial charge in [0, 0.05) is 19.0 Å². The van der Waals surface area contributed by atoms with Crippen LogP contribution in [0.4, 0.5) is 0 Å². The van der Waals surface area contributed by atoms with Gasteiger partial charge in [-0.05, 0) is 66.5 Å². The molecule has 0 radical (unpaired) electrons. The maximum atomic E-state index is 5.56. The van der Waals surface area contributed by atoms with Crippen molar-refractivity contribution in [3.05, 3.63) is 76.4 Å². The van der Waals surface area contributed by atoms with Gasteiger partial charge in [0.1, 0.15) is 0 Å². The number of aryl methyl sites for hydroxylation is 2. The van der Waals surface area contributed by atoms with Gasteiger partial charge in [0.25, 0.3) is 0 Å². The topological polar surface area (TPSA) is 27.6 Å². The maximum absolute atomic E-state index is 5.56. The third kappa shape index (κ3) is 3.67. The summed E-state index contributed by atoms with van der Waals surface area (Å²) >= 11 is 5.56. The molecule has 2 unspecified atom stereocenters. The Labute approximate surface area is 173 Å². The number of piperidine rings is 1. The Morgan fingerprint density at radius 3 is 2.54 bits per heavy atom. The van der Waals surface area contributed by atoms with Gasteiger partial charge in [0.2, 0.25) is 0 Å². The smallest absolute Gasteiger partial charge is 0.193 e. The second-order valence-electron chi connectivity index (χ2n) is 7.74. The monoisotopic (exact) mass is 389 g/mol. The third-order valence-electron chi connectivity index (χ3n) is 5.92. The van der Waals surface area contributed by atoms with E-state index in [9.17, 15) is 0 Å². The van der Waals surface area contributed by atoms with E-state index in [0.717, 1.165) is 25.3 Å². The summed E-state index contributed by atoms with van der Waals surface area (Å²) in [4.78, 5) is 7.34. The molecular weight excluding hydrogens is 362 g/mol. The minimum absolute atomic E-state index is 0.163. The predicted molar refractivity (Wildman–Crippen MR) is 122 cm³/mol. The van der Waals surface area contributed by atoms with Gasteiger partial charge < -0.3 is 5.32 Å². The second-order valence-corrected chi connectivity index (χ2v) is 8.13. The molecule has 1 fully saturated rings. The van der Waals surface area contributed by atoms with Gasteiger partial charge in [0.05, 0.1) is 11.8 Å². The number of likely N-dealkylation sites (tertiary alicyclic amines) is 1. The van der Waals surface area contributed by atoms with Crippen molar-refractivity contribution in [2.24, 2.45) is 10.9 Å². The molecule has 2 atom stereocenters. The number of fused-ring (bicyclic) bond motifs is 1. The molecule has 4 rings (SSSR count). The first-order valence-electron chi connectivity index (χ1n) is 10.0. The lowest BCUT2D eigenvalue weighted by molar-refractivity contribution is 0.252. The van der Waals surface area contributed by atoms with Crippen molar-refractivity contribution in [1.82, 2.24) is 10.2 Å². The van der Waals surface area contributed by atoms with Crippen LogP contribution in [0.5, 0.6) is 0 Å². The third-order valence-corrected chi connectivity index (χ3v) is 6.13. The number of likely N-dealkylation sites (N-methyl/N-ethyl adjacent to an activating group) is 1. The first-order valence-corrected chi connectivity index (χ1v) is 10.4. The molecular formula is C24H27N3S. The first kappa shape index (κ1) is 19.0. The molecule has 2 aliphatic rings. The van der Waals surface area contributed by atoms with E-state index in [1.165, 1.54) is 27.8 Å². The van der Waals surface area contributed by atoms with Crippen molar-refractivity contribution < 1.29 is 0 Å². The summed E-state index contributed by atoms with van der Waals surface area (Å²) in [6, 6.07) is 17.3. The SMILES string of the molecule is CCN1C/C(=C\c2ccccc2C)C2=NC(=S)NC(c3ccccc3C)C2C1. The van der Waals surface area contributed by atoms with Crippen molar-refractivity contribution in [2.75, 3.05) is 19.6 Å². The molecule has 28 heavy (non-hydrogen) atoms. The van der Waals surface area contributed by atoms with E-state index < -0.39 is 0 Å². The molecule has 2 aliphatic heterocycles. The molecule has 0 spiro atoms. The summed E-state index contributed by atoms with van der Waals surface area (Å²) in [6.45, 7) is 9.51. The van der Waals surface area contributed by atoms with E-state index >= 15 is 0 Å². The van der Waals surface area contributed by atoms with Gasteiger partial charge in [-0.15, -0.1) is 0 Å². The van der Waals surface area contributed by atoms with E-state index in [1.54, 1.807) is 0 Å². The molecule has 144 valence electrons. The Morgan fingerprint density at radius 2 is 1.82 bits per heavy atom. The summed E-state index contributed by atoms with van der Waals surface area (Å²) in [7, 11) is 0. The molecule has 0 amide bonds. The zero-order valence-corrected chi connectivity index (χ0v) is 17.6. The number of nitrogens with one attached hydrogen (secondary N) is 1. The van der Waals surface area contributed by atoms with Crippen LogP contribution >= 0.6 is 12.2 Å². The van der Waals surface area contributed by atoms with Crippen LogP contribution in [0.1, 0.15) is 35.2 Å². The molecule has 3 nitrogen and oxygen atoms in total. The fourth-order valence-corrected chi connectivity index (χ4v) is 4.53. The molecule has 1 N–H and O–H groups in total. The molecule has 4 heteroatoms. The fourth-order valence-electron chi connectivity index (χ4n) is 4.31. The molecule has 2 aromatic carbocycles. The van der Waals surface area contributed by atoms with Crippen LogP contribution in [-0.2, 0) is 0 Å². The highest BCUT2D eigenvalue weighted by molar-refractivity contribution is 7.80. The van der Waals surface area contributed by atoms with Gasteiger partial charge in [-0.2, -0.15) is 0 Å². The first-order chi connectivity index (χ1) is 13.6. The molecule has 1 saturated heterocycles. The normalized spacial score (nSPS) is 23.9. The lowest BCUT2D eigenvalue weighted by atomic mass is 9.80. The van der Waals surface area contributed by atoms with E-state index in [0.29, 0.717) is 5.11 Å². The van der Waals surface area contributed by atoms with E-state index in [2.05, 4.69) is 85.6 Å². The van der Waals surface area contributed by atoms with Crippen LogP contribution < -0.4 is 5.32 Å². The number of thiocarbonyl (C=S) groups is 1. The number of aliphatic imine (C=N–C) groups is 1. The minimum Gasteiger partial charge on any atom is -0.353 e. The highest BCUT2D eigenvalue weighted by Gasteiger charge is 2.38. The number of rotatable bonds is 3. The average molecular weight is 390 g/mol. The lowest BCUT2D eigenvalue weighted by Crippen LogP contribution is -2.51. The Hall–Kier alpha value is -2.30. The Kier molecular flexibility index (Phi) is 5.42. The molecule has 0 bridgehead atoms. The van der Waals surface area contributed by atoms with Gasteiger partial charge in [-0.25, -0.2) is 4.99 Å². The van der Waals surface area contributed by atoms with Crippen molar-refractivity contribution in [3.8, 4) is 0 Å². The predicted octanol–water partition coefficient (Wildman–Crippen LogP) is 4.71. The molecule has 2 aromatic rings. The number of benzene rings is 2. The minimum atomic E-state index is 0.163. The average Bonchev–Trinajstić information content (AvgIpc) is 2.70. The Morgan fingerprint density at radius 1 is 1.11 bits per heavy atom. The molecule has 0 saturated carbocycles. The lowest BCUT2D eigenvalue weighted by Gasteiger charge is -2.42. The van der Waals surface area contributed by atoms with Gasteiger partial charge in [0.15, 0.2) is 5.11 Å². The summed E-state index contributed by atoms with van der Waals surface area (Å²) < 4.78 is 0.